The van der Waals surface area contributed by atoms with Crippen molar-refractivity contribution in [2.24, 2.45) is 0 Å². The van der Waals surface area contributed by atoms with Gasteiger partial charge in [-0.25, -0.2) is 4.98 Å². The van der Waals surface area contributed by atoms with E-state index in [1.807, 2.05) is 48.4 Å². The van der Waals surface area contributed by atoms with Gasteiger partial charge in [-0.05, 0) is 37.6 Å². The molecule has 3 heterocycles. The topological polar surface area (TPSA) is 52.2 Å². The highest BCUT2D eigenvalue weighted by Gasteiger charge is 2.26. The quantitative estimate of drug-likeness (QED) is 0.783. The molecule has 128 valence electrons. The van der Waals surface area contributed by atoms with Gasteiger partial charge in [0.05, 0.1) is 5.56 Å². The number of fused-ring (bicyclic) bond motifs is 1. The Hall–Kier alpha value is -2.82. The van der Waals surface area contributed by atoms with Gasteiger partial charge in [0, 0.05) is 49.0 Å². The molecule has 0 spiro atoms. The monoisotopic (exact) mass is 334 g/mol. The molecular weight excluding hydrogens is 312 g/mol. The number of para-hydroxylation sites is 1. The summed E-state index contributed by atoms with van der Waals surface area (Å²) in [6.07, 6.45) is 1.84. The highest BCUT2D eigenvalue weighted by Crippen LogP contribution is 2.24. The van der Waals surface area contributed by atoms with E-state index in [4.69, 9.17) is 0 Å². The molecule has 0 unspecified atom stereocenters. The summed E-state index contributed by atoms with van der Waals surface area (Å²) in [6.45, 7) is 7.10. The van der Waals surface area contributed by atoms with Gasteiger partial charge < -0.3 is 14.8 Å². The van der Waals surface area contributed by atoms with Crippen molar-refractivity contribution >= 4 is 22.6 Å². The number of hydrogen-bond donors (Lipinski definition) is 1. The van der Waals surface area contributed by atoms with Gasteiger partial charge in [0.1, 0.15) is 5.82 Å². The Bertz CT molecular complexity index is 922. The van der Waals surface area contributed by atoms with E-state index < -0.39 is 0 Å². The molecule has 4 rings (SSSR count). The van der Waals surface area contributed by atoms with Crippen LogP contribution < -0.4 is 4.90 Å². The van der Waals surface area contributed by atoms with Gasteiger partial charge in [0.25, 0.3) is 5.91 Å². The third-order valence-electron chi connectivity index (χ3n) is 4.90. The maximum atomic E-state index is 13.1. The number of hydrogen-bond acceptors (Lipinski definition) is 3. The molecule has 0 atom stereocenters. The van der Waals surface area contributed by atoms with Crippen molar-refractivity contribution in [1.29, 1.82) is 0 Å². The third kappa shape index (κ3) is 2.86. The van der Waals surface area contributed by atoms with Crippen molar-refractivity contribution in [3.05, 3.63) is 59.4 Å². The molecule has 0 saturated carbocycles. The molecule has 0 bridgehead atoms. The lowest BCUT2D eigenvalue weighted by atomic mass is 10.1. The van der Waals surface area contributed by atoms with Crippen LogP contribution >= 0.6 is 0 Å². The zero-order valence-electron chi connectivity index (χ0n) is 14.6. The molecule has 1 saturated heterocycles. The Morgan fingerprint density at radius 3 is 2.60 bits per heavy atom. The number of pyridine rings is 1. The van der Waals surface area contributed by atoms with Gasteiger partial charge in [-0.15, -0.1) is 0 Å². The number of aromatic nitrogens is 2. The van der Waals surface area contributed by atoms with Crippen LogP contribution in [0.1, 0.15) is 21.6 Å². The van der Waals surface area contributed by atoms with Crippen molar-refractivity contribution in [2.45, 2.75) is 13.8 Å². The van der Waals surface area contributed by atoms with Gasteiger partial charge in [0.2, 0.25) is 0 Å². The minimum absolute atomic E-state index is 0.117. The number of carbonyl (C=O) groups excluding carboxylic acids is 1. The zero-order chi connectivity index (χ0) is 17.4. The number of anilines is 1. The first-order valence-electron chi connectivity index (χ1n) is 8.67. The predicted molar refractivity (Wildman–Crippen MR) is 100 cm³/mol. The first-order chi connectivity index (χ1) is 12.1. The lowest BCUT2D eigenvalue weighted by molar-refractivity contribution is 0.0748. The number of amides is 1. The molecule has 2 aromatic heterocycles. The van der Waals surface area contributed by atoms with Crippen LogP contribution in [0.15, 0.2) is 42.6 Å². The summed E-state index contributed by atoms with van der Waals surface area (Å²) in [5.74, 6) is 1.11. The number of piperazine rings is 1. The number of rotatable bonds is 2. The first-order valence-corrected chi connectivity index (χ1v) is 8.67. The number of nitrogens with one attached hydrogen (secondary N) is 1. The van der Waals surface area contributed by atoms with Crippen molar-refractivity contribution in [3.63, 3.8) is 0 Å². The summed E-state index contributed by atoms with van der Waals surface area (Å²) < 4.78 is 0. The van der Waals surface area contributed by atoms with Crippen LogP contribution in [-0.4, -0.2) is 47.0 Å². The van der Waals surface area contributed by atoms with Crippen LogP contribution in [-0.2, 0) is 0 Å². The predicted octanol–water partition coefficient (Wildman–Crippen LogP) is 3.14. The summed E-state index contributed by atoms with van der Waals surface area (Å²) in [5.41, 5.74) is 3.97. The average molecular weight is 334 g/mol. The van der Waals surface area contributed by atoms with Crippen LogP contribution in [0, 0.1) is 13.8 Å². The number of aromatic amines is 1. The Morgan fingerprint density at radius 2 is 1.84 bits per heavy atom. The molecular formula is C20H22N4O. The number of H-pyrrole nitrogens is 1. The molecule has 1 aliphatic rings. The van der Waals surface area contributed by atoms with Crippen molar-refractivity contribution < 1.29 is 4.79 Å². The molecule has 0 radical (unpaired) electrons. The summed E-state index contributed by atoms with van der Waals surface area (Å²) >= 11 is 0. The van der Waals surface area contributed by atoms with Crippen LogP contribution in [0.5, 0.6) is 0 Å². The van der Waals surface area contributed by atoms with Crippen molar-refractivity contribution in [1.82, 2.24) is 14.9 Å². The van der Waals surface area contributed by atoms with Crippen molar-refractivity contribution in [2.75, 3.05) is 31.1 Å². The van der Waals surface area contributed by atoms with Crippen LogP contribution in [0.25, 0.3) is 10.9 Å². The average Bonchev–Trinajstić information content (AvgIpc) is 2.97. The number of carbonyl (C=O) groups is 1. The Labute approximate surface area is 147 Å². The van der Waals surface area contributed by atoms with E-state index in [-0.39, 0.29) is 5.91 Å². The molecule has 1 aromatic carbocycles. The Morgan fingerprint density at radius 1 is 1.08 bits per heavy atom. The fourth-order valence-corrected chi connectivity index (χ4v) is 3.54. The van der Waals surface area contributed by atoms with Gasteiger partial charge in [-0.3, -0.25) is 4.79 Å². The van der Waals surface area contributed by atoms with Gasteiger partial charge in [0.15, 0.2) is 0 Å². The lowest BCUT2D eigenvalue weighted by Crippen LogP contribution is -2.49. The second-order valence-electron chi connectivity index (χ2n) is 6.64. The number of aryl methyl sites for hydroxylation is 2. The molecule has 25 heavy (non-hydrogen) atoms. The van der Waals surface area contributed by atoms with Gasteiger partial charge in [-0.2, -0.15) is 0 Å². The van der Waals surface area contributed by atoms with Gasteiger partial charge >= 0.3 is 0 Å². The minimum Gasteiger partial charge on any atom is -0.358 e. The molecule has 0 aliphatic carbocycles. The summed E-state index contributed by atoms with van der Waals surface area (Å²) in [4.78, 5) is 25.0. The van der Waals surface area contributed by atoms with E-state index in [1.165, 1.54) is 5.56 Å². The van der Waals surface area contributed by atoms with Crippen LogP contribution in [0.3, 0.4) is 0 Å². The Kier molecular flexibility index (Phi) is 3.92. The van der Waals surface area contributed by atoms with E-state index in [0.717, 1.165) is 41.1 Å². The molecule has 1 fully saturated rings. The highest BCUT2D eigenvalue weighted by atomic mass is 16.2. The van der Waals surface area contributed by atoms with Crippen LogP contribution in [0.4, 0.5) is 5.82 Å². The molecule has 5 nitrogen and oxygen atoms in total. The highest BCUT2D eigenvalue weighted by molar-refractivity contribution is 6.08. The standard InChI is InChI=1S/C20H22N4O/c1-14-7-8-21-18(13-14)23-9-11-24(12-10-23)20(25)19-15(2)22-17-6-4-3-5-16(17)19/h3-8,13,22H,9-12H2,1-2H3. The number of benzene rings is 1. The number of nitrogens with zero attached hydrogens (tertiary/aromatic N) is 3. The molecule has 1 amide bonds. The first kappa shape index (κ1) is 15.7. The van der Waals surface area contributed by atoms with Crippen molar-refractivity contribution in [3.8, 4) is 0 Å². The summed E-state index contributed by atoms with van der Waals surface area (Å²) in [6, 6.07) is 12.1. The Balaban J connectivity index is 1.52. The molecule has 3 aromatic rings. The second-order valence-corrected chi connectivity index (χ2v) is 6.64. The zero-order valence-corrected chi connectivity index (χ0v) is 14.6. The third-order valence-corrected chi connectivity index (χ3v) is 4.90. The normalized spacial score (nSPS) is 15.0. The van der Waals surface area contributed by atoms with E-state index in [2.05, 4.69) is 27.9 Å². The summed E-state index contributed by atoms with van der Waals surface area (Å²) in [7, 11) is 0. The smallest absolute Gasteiger partial charge is 0.256 e. The van der Waals surface area contributed by atoms with Gasteiger partial charge in [-0.1, -0.05) is 18.2 Å². The van der Waals surface area contributed by atoms with E-state index in [1.54, 1.807) is 0 Å². The summed E-state index contributed by atoms with van der Waals surface area (Å²) in [5, 5.41) is 1.01. The second kappa shape index (κ2) is 6.24. The van der Waals surface area contributed by atoms with E-state index in [9.17, 15) is 4.79 Å². The largest absolute Gasteiger partial charge is 0.358 e. The molecule has 5 heteroatoms. The van der Waals surface area contributed by atoms with Crippen LogP contribution in [0.2, 0.25) is 0 Å². The maximum absolute atomic E-state index is 13.1. The SMILES string of the molecule is Cc1ccnc(N2CCN(C(=O)c3c(C)[nH]c4ccccc34)CC2)c1. The molecule has 1 aliphatic heterocycles. The van der Waals surface area contributed by atoms with E-state index in [0.29, 0.717) is 13.1 Å². The minimum atomic E-state index is 0.117. The lowest BCUT2D eigenvalue weighted by Gasteiger charge is -2.35. The fourth-order valence-electron chi connectivity index (χ4n) is 3.54. The maximum Gasteiger partial charge on any atom is 0.256 e. The fraction of sp³-hybridized carbons (Fsp3) is 0.300. The molecule has 1 N–H and O–H groups in total. The van der Waals surface area contributed by atoms with E-state index >= 15 is 0 Å².